The van der Waals surface area contributed by atoms with Crippen LogP contribution in [0.3, 0.4) is 0 Å². The molecule has 7 heavy (non-hydrogen) atoms. The fourth-order valence-corrected chi connectivity index (χ4v) is 0.159. The van der Waals surface area contributed by atoms with Crippen molar-refractivity contribution in [3.63, 3.8) is 0 Å². The predicted molar refractivity (Wildman–Crippen MR) is 26.2 cm³/mol. The maximum atomic E-state index is 9.60. The third-order valence-electron chi connectivity index (χ3n) is 0.398. The van der Waals surface area contributed by atoms with E-state index in [0.717, 1.165) is 0 Å². The van der Waals surface area contributed by atoms with Crippen LogP contribution in [0.4, 0.5) is 4.79 Å². The van der Waals surface area contributed by atoms with Gasteiger partial charge in [0.15, 0.2) is 0 Å². The van der Waals surface area contributed by atoms with Crippen LogP contribution < -0.4 is 5.32 Å². The average molecular weight is 101 g/mol. The average Bonchev–Trinajstić information content (AvgIpc) is 1.61. The maximum Gasteiger partial charge on any atom is 0.404 e. The molecule has 0 heterocycles. The molecule has 0 aromatic heterocycles. The lowest BCUT2D eigenvalue weighted by molar-refractivity contribution is 0.195. The number of hydrogen-bond acceptors (Lipinski definition) is 1. The first-order valence-electron chi connectivity index (χ1n) is 1.85. The second kappa shape index (κ2) is 3.21. The molecular formula is C4H7NO2. The highest BCUT2D eigenvalue weighted by atomic mass is 16.4. The second-order valence-corrected chi connectivity index (χ2v) is 0.975. The SMILES string of the molecule is C=CCNC(=O)O. The van der Waals surface area contributed by atoms with Gasteiger partial charge in [0, 0.05) is 6.54 Å². The van der Waals surface area contributed by atoms with Crippen molar-refractivity contribution in [3.8, 4) is 0 Å². The number of hydrogen-bond donors (Lipinski definition) is 2. The van der Waals surface area contributed by atoms with Crippen molar-refractivity contribution in [3.05, 3.63) is 12.7 Å². The van der Waals surface area contributed by atoms with E-state index >= 15 is 0 Å². The molecule has 1 amide bonds. The molecule has 0 aliphatic rings. The molecule has 0 unspecified atom stereocenters. The summed E-state index contributed by atoms with van der Waals surface area (Å²) in [5, 5.41) is 9.98. The summed E-state index contributed by atoms with van der Waals surface area (Å²) in [6, 6.07) is 0. The number of nitrogens with one attached hydrogen (secondary N) is 1. The Balaban J connectivity index is 2.97. The van der Waals surface area contributed by atoms with Gasteiger partial charge in [-0.3, -0.25) is 0 Å². The molecular weight excluding hydrogens is 94.0 g/mol. The van der Waals surface area contributed by atoms with E-state index in [2.05, 4.69) is 11.9 Å². The summed E-state index contributed by atoms with van der Waals surface area (Å²) in [6.07, 6.45) is 0.466. The summed E-state index contributed by atoms with van der Waals surface area (Å²) in [5.74, 6) is 0. The molecule has 0 atom stereocenters. The molecule has 0 bridgehead atoms. The second-order valence-electron chi connectivity index (χ2n) is 0.975. The van der Waals surface area contributed by atoms with Crippen LogP contribution in [-0.4, -0.2) is 17.7 Å². The summed E-state index contributed by atoms with van der Waals surface area (Å²) >= 11 is 0. The highest BCUT2D eigenvalue weighted by Crippen LogP contribution is 1.59. The molecule has 0 aromatic rings. The topological polar surface area (TPSA) is 49.3 Å². The summed E-state index contributed by atoms with van der Waals surface area (Å²) < 4.78 is 0. The van der Waals surface area contributed by atoms with Gasteiger partial charge in [-0.15, -0.1) is 6.58 Å². The Bertz CT molecular complexity index is 79.8. The van der Waals surface area contributed by atoms with Crippen molar-refractivity contribution < 1.29 is 9.90 Å². The van der Waals surface area contributed by atoms with Gasteiger partial charge in [0.1, 0.15) is 0 Å². The Hall–Kier alpha value is -0.990. The summed E-state index contributed by atoms with van der Waals surface area (Å²) in [7, 11) is 0. The molecule has 0 aromatic carbocycles. The first kappa shape index (κ1) is 6.01. The van der Waals surface area contributed by atoms with E-state index in [0.29, 0.717) is 6.54 Å². The van der Waals surface area contributed by atoms with Crippen LogP contribution in [0.5, 0.6) is 0 Å². The lowest BCUT2D eigenvalue weighted by Crippen LogP contribution is -2.19. The van der Waals surface area contributed by atoms with E-state index in [1.165, 1.54) is 6.08 Å². The van der Waals surface area contributed by atoms with Crippen LogP contribution in [0, 0.1) is 0 Å². The highest BCUT2D eigenvalue weighted by molar-refractivity contribution is 5.64. The fourth-order valence-electron chi connectivity index (χ4n) is 0.159. The van der Waals surface area contributed by atoms with Gasteiger partial charge in [0.05, 0.1) is 0 Å². The number of rotatable bonds is 2. The van der Waals surface area contributed by atoms with E-state index in [1.807, 2.05) is 0 Å². The molecule has 40 valence electrons. The molecule has 3 heteroatoms. The molecule has 0 radical (unpaired) electrons. The Morgan fingerprint density at radius 1 is 2.00 bits per heavy atom. The van der Waals surface area contributed by atoms with Crippen molar-refractivity contribution in [1.82, 2.24) is 5.32 Å². The van der Waals surface area contributed by atoms with Crippen LogP contribution in [-0.2, 0) is 0 Å². The predicted octanol–water partition coefficient (Wildman–Crippen LogP) is 0.440. The molecule has 0 aliphatic heterocycles. The minimum Gasteiger partial charge on any atom is -0.465 e. The highest BCUT2D eigenvalue weighted by Gasteiger charge is 1.84. The quantitative estimate of drug-likeness (QED) is 0.496. The standard InChI is InChI=1S/C4H7NO2/c1-2-3-5-4(6)7/h2,5H,1,3H2,(H,6,7). The molecule has 0 aliphatic carbocycles. The van der Waals surface area contributed by atoms with E-state index < -0.39 is 6.09 Å². The number of amides is 1. The van der Waals surface area contributed by atoms with Crippen LogP contribution in [0.25, 0.3) is 0 Å². The van der Waals surface area contributed by atoms with Crippen LogP contribution in [0.2, 0.25) is 0 Å². The first-order chi connectivity index (χ1) is 3.27. The summed E-state index contributed by atoms with van der Waals surface area (Å²) in [5.41, 5.74) is 0. The van der Waals surface area contributed by atoms with Gasteiger partial charge in [-0.05, 0) is 0 Å². The Labute approximate surface area is 41.7 Å². The zero-order valence-corrected chi connectivity index (χ0v) is 3.85. The maximum absolute atomic E-state index is 9.60. The molecule has 0 spiro atoms. The minimum atomic E-state index is -1.01. The number of carboxylic acid groups (broad SMARTS) is 1. The molecule has 0 fully saturated rings. The molecule has 3 nitrogen and oxygen atoms in total. The van der Waals surface area contributed by atoms with Crippen LogP contribution >= 0.6 is 0 Å². The smallest absolute Gasteiger partial charge is 0.404 e. The Morgan fingerprint density at radius 3 is 2.71 bits per heavy atom. The minimum absolute atomic E-state index is 0.315. The van der Waals surface area contributed by atoms with E-state index in [9.17, 15) is 4.79 Å². The summed E-state index contributed by atoms with van der Waals surface area (Å²) in [4.78, 5) is 9.60. The monoisotopic (exact) mass is 101 g/mol. The normalized spacial score (nSPS) is 7.43. The van der Waals surface area contributed by atoms with Crippen molar-refractivity contribution in [2.24, 2.45) is 0 Å². The number of carbonyl (C=O) groups is 1. The zero-order chi connectivity index (χ0) is 5.70. The zero-order valence-electron chi connectivity index (χ0n) is 3.85. The lowest BCUT2D eigenvalue weighted by Gasteiger charge is -1.88. The van der Waals surface area contributed by atoms with Gasteiger partial charge in [0.2, 0.25) is 0 Å². The third kappa shape index (κ3) is 5.01. The van der Waals surface area contributed by atoms with Gasteiger partial charge >= 0.3 is 6.09 Å². The van der Waals surface area contributed by atoms with Crippen molar-refractivity contribution >= 4 is 6.09 Å². The van der Waals surface area contributed by atoms with Gasteiger partial charge < -0.3 is 10.4 Å². The van der Waals surface area contributed by atoms with Crippen molar-refractivity contribution in [2.75, 3.05) is 6.54 Å². The van der Waals surface area contributed by atoms with Gasteiger partial charge in [-0.2, -0.15) is 0 Å². The summed E-state index contributed by atoms with van der Waals surface area (Å²) in [6.45, 7) is 3.62. The molecule has 0 rings (SSSR count). The van der Waals surface area contributed by atoms with Crippen LogP contribution in [0.15, 0.2) is 12.7 Å². The van der Waals surface area contributed by atoms with Gasteiger partial charge in [-0.1, -0.05) is 6.08 Å². The van der Waals surface area contributed by atoms with E-state index in [-0.39, 0.29) is 0 Å². The van der Waals surface area contributed by atoms with Gasteiger partial charge in [0.25, 0.3) is 0 Å². The lowest BCUT2D eigenvalue weighted by atomic mass is 10.6. The third-order valence-corrected chi connectivity index (χ3v) is 0.398. The van der Waals surface area contributed by atoms with Gasteiger partial charge in [-0.25, -0.2) is 4.79 Å². The van der Waals surface area contributed by atoms with E-state index in [1.54, 1.807) is 0 Å². The van der Waals surface area contributed by atoms with Crippen molar-refractivity contribution in [2.45, 2.75) is 0 Å². The largest absolute Gasteiger partial charge is 0.465 e. The van der Waals surface area contributed by atoms with Crippen LogP contribution in [0.1, 0.15) is 0 Å². The molecule has 0 saturated carbocycles. The van der Waals surface area contributed by atoms with Crippen molar-refractivity contribution in [1.29, 1.82) is 0 Å². The van der Waals surface area contributed by atoms with E-state index in [4.69, 9.17) is 5.11 Å². The fraction of sp³-hybridized carbons (Fsp3) is 0.250. The Morgan fingerprint density at radius 2 is 2.57 bits per heavy atom. The first-order valence-corrected chi connectivity index (χ1v) is 1.85. The molecule has 0 saturated heterocycles. The Kier molecular flexibility index (Phi) is 2.76. The molecule has 2 N–H and O–H groups in total.